The van der Waals surface area contributed by atoms with Crippen molar-refractivity contribution in [2.24, 2.45) is 5.73 Å². The number of rotatable bonds is 4. The highest BCUT2D eigenvalue weighted by atomic mass is 19.4. The number of hydrogen-bond acceptors (Lipinski definition) is 3. The molecule has 0 radical (unpaired) electrons. The van der Waals surface area contributed by atoms with Crippen LogP contribution in [0.1, 0.15) is 25.7 Å². The van der Waals surface area contributed by atoms with Gasteiger partial charge in [0.15, 0.2) is 0 Å². The van der Waals surface area contributed by atoms with Crippen LogP contribution in [0, 0.1) is 0 Å². The van der Waals surface area contributed by atoms with Crippen LogP contribution in [0.15, 0.2) is 0 Å². The fourth-order valence-electron chi connectivity index (χ4n) is 2.11. The smallest absolute Gasteiger partial charge is 0.406 e. The first kappa shape index (κ1) is 14.7. The molecule has 0 atom stereocenters. The number of hydrogen-bond donors (Lipinski definition) is 2. The number of nitrogens with zero attached hydrogens (tertiary/aromatic N) is 1. The van der Waals surface area contributed by atoms with Crippen molar-refractivity contribution in [2.45, 2.75) is 37.4 Å². The molecular formula is C10H15F3N2O3. The Hall–Kier alpha value is -1.31. The highest BCUT2D eigenvalue weighted by molar-refractivity contribution is 5.89. The van der Waals surface area contributed by atoms with Crippen molar-refractivity contribution in [2.75, 3.05) is 13.1 Å². The molecule has 1 rings (SSSR count). The van der Waals surface area contributed by atoms with Gasteiger partial charge in [-0.2, -0.15) is 13.2 Å². The van der Waals surface area contributed by atoms with Crippen LogP contribution < -0.4 is 5.73 Å². The third kappa shape index (κ3) is 3.86. The molecule has 5 nitrogen and oxygen atoms in total. The minimum atomic E-state index is -4.64. The van der Waals surface area contributed by atoms with E-state index in [4.69, 9.17) is 10.8 Å². The van der Waals surface area contributed by atoms with E-state index in [0.717, 1.165) is 0 Å². The lowest BCUT2D eigenvalue weighted by atomic mass is 9.97. The minimum absolute atomic E-state index is 0.271. The van der Waals surface area contributed by atoms with Gasteiger partial charge in [0.05, 0.1) is 5.54 Å². The van der Waals surface area contributed by atoms with E-state index in [2.05, 4.69) is 0 Å². The molecule has 0 aliphatic heterocycles. The SMILES string of the molecule is NC1(C(=O)N(CC(=O)O)CC(F)(F)F)CCCC1. The average molecular weight is 268 g/mol. The number of alkyl halides is 3. The van der Waals surface area contributed by atoms with E-state index < -0.39 is 36.7 Å². The molecule has 0 saturated heterocycles. The molecule has 8 heteroatoms. The molecule has 1 saturated carbocycles. The van der Waals surface area contributed by atoms with Gasteiger partial charge in [0.2, 0.25) is 5.91 Å². The molecule has 0 aromatic heterocycles. The van der Waals surface area contributed by atoms with Crippen molar-refractivity contribution >= 4 is 11.9 Å². The van der Waals surface area contributed by atoms with Gasteiger partial charge in [0.1, 0.15) is 13.1 Å². The Kier molecular flexibility index (Phi) is 4.20. The van der Waals surface area contributed by atoms with Gasteiger partial charge < -0.3 is 15.7 Å². The lowest BCUT2D eigenvalue weighted by molar-refractivity contribution is -0.168. The number of carboxylic acids is 1. The molecule has 104 valence electrons. The summed E-state index contributed by atoms with van der Waals surface area (Å²) in [5.74, 6) is -2.42. The van der Waals surface area contributed by atoms with Gasteiger partial charge in [-0.05, 0) is 12.8 Å². The monoisotopic (exact) mass is 268 g/mol. The van der Waals surface area contributed by atoms with E-state index in [1.165, 1.54) is 0 Å². The number of aliphatic carboxylic acids is 1. The summed E-state index contributed by atoms with van der Waals surface area (Å²) in [4.78, 5) is 22.7. The molecular weight excluding hydrogens is 253 g/mol. The van der Waals surface area contributed by atoms with Gasteiger partial charge >= 0.3 is 12.1 Å². The summed E-state index contributed by atoms with van der Waals surface area (Å²) in [7, 11) is 0. The van der Waals surface area contributed by atoms with E-state index in [1.54, 1.807) is 0 Å². The summed E-state index contributed by atoms with van der Waals surface area (Å²) in [6, 6.07) is 0. The number of carbonyl (C=O) groups excluding carboxylic acids is 1. The van der Waals surface area contributed by atoms with Gasteiger partial charge in [0.25, 0.3) is 0 Å². The predicted molar refractivity (Wildman–Crippen MR) is 55.7 cm³/mol. The summed E-state index contributed by atoms with van der Waals surface area (Å²) in [6.45, 7) is -2.58. The first-order valence-corrected chi connectivity index (χ1v) is 5.51. The molecule has 0 aromatic rings. The molecule has 1 fully saturated rings. The van der Waals surface area contributed by atoms with Gasteiger partial charge in [-0.25, -0.2) is 0 Å². The lowest BCUT2D eigenvalue weighted by Crippen LogP contribution is -2.56. The highest BCUT2D eigenvalue weighted by Crippen LogP contribution is 2.30. The molecule has 0 spiro atoms. The van der Waals surface area contributed by atoms with E-state index >= 15 is 0 Å². The molecule has 0 bridgehead atoms. The Bertz CT molecular complexity index is 338. The summed E-state index contributed by atoms with van der Waals surface area (Å²) in [5, 5.41) is 8.55. The summed E-state index contributed by atoms with van der Waals surface area (Å²) >= 11 is 0. The quantitative estimate of drug-likeness (QED) is 0.787. The van der Waals surface area contributed by atoms with Crippen molar-refractivity contribution in [3.63, 3.8) is 0 Å². The molecule has 1 aliphatic rings. The summed E-state index contributed by atoms with van der Waals surface area (Å²) in [6.07, 6.45) is -2.73. The van der Waals surface area contributed by atoms with Crippen LogP contribution in [0.5, 0.6) is 0 Å². The molecule has 3 N–H and O–H groups in total. The average Bonchev–Trinajstić information content (AvgIpc) is 2.61. The Balaban J connectivity index is 2.81. The fraction of sp³-hybridized carbons (Fsp3) is 0.800. The number of carbonyl (C=O) groups is 2. The van der Waals surface area contributed by atoms with Crippen molar-refractivity contribution in [3.8, 4) is 0 Å². The van der Waals surface area contributed by atoms with Gasteiger partial charge in [-0.1, -0.05) is 12.8 Å². The standard InChI is InChI=1S/C10H15F3N2O3/c11-10(12,13)6-15(5-7(16)17)8(18)9(14)3-1-2-4-9/h1-6,14H2,(H,16,17). The third-order valence-corrected chi connectivity index (χ3v) is 2.91. The molecule has 1 aliphatic carbocycles. The van der Waals surface area contributed by atoms with Gasteiger partial charge in [-0.3, -0.25) is 9.59 Å². The van der Waals surface area contributed by atoms with Crippen molar-refractivity contribution < 1.29 is 27.9 Å². The van der Waals surface area contributed by atoms with E-state index in [-0.39, 0.29) is 4.90 Å². The second-order valence-corrected chi connectivity index (χ2v) is 4.53. The van der Waals surface area contributed by atoms with Crippen LogP contribution >= 0.6 is 0 Å². The van der Waals surface area contributed by atoms with E-state index in [0.29, 0.717) is 25.7 Å². The number of carboxylic acid groups (broad SMARTS) is 1. The first-order valence-electron chi connectivity index (χ1n) is 5.51. The maximum atomic E-state index is 12.3. The normalized spacial score (nSPS) is 18.7. The maximum absolute atomic E-state index is 12.3. The van der Waals surface area contributed by atoms with Crippen LogP contribution in [0.4, 0.5) is 13.2 Å². The van der Waals surface area contributed by atoms with Crippen molar-refractivity contribution in [1.82, 2.24) is 4.90 Å². The summed E-state index contributed by atoms with van der Waals surface area (Å²) < 4.78 is 36.9. The second kappa shape index (κ2) is 5.13. The largest absolute Gasteiger partial charge is 0.480 e. The molecule has 0 unspecified atom stereocenters. The Morgan fingerprint density at radius 1 is 1.28 bits per heavy atom. The molecule has 18 heavy (non-hydrogen) atoms. The van der Waals surface area contributed by atoms with Crippen molar-refractivity contribution in [1.29, 1.82) is 0 Å². The van der Waals surface area contributed by atoms with E-state index in [1.807, 2.05) is 0 Å². The Morgan fingerprint density at radius 3 is 2.17 bits per heavy atom. The number of amides is 1. The predicted octanol–water partition coefficient (Wildman–Crippen LogP) is 0.733. The Labute approximate surface area is 102 Å². The van der Waals surface area contributed by atoms with Gasteiger partial charge in [-0.15, -0.1) is 0 Å². The zero-order valence-corrected chi connectivity index (χ0v) is 9.66. The van der Waals surface area contributed by atoms with Gasteiger partial charge in [0, 0.05) is 0 Å². The molecule has 0 heterocycles. The van der Waals surface area contributed by atoms with Crippen LogP contribution in [-0.4, -0.2) is 46.7 Å². The topological polar surface area (TPSA) is 83.6 Å². The number of nitrogens with two attached hydrogens (primary N) is 1. The molecule has 1 amide bonds. The van der Waals surface area contributed by atoms with Crippen LogP contribution in [-0.2, 0) is 9.59 Å². The van der Waals surface area contributed by atoms with Crippen LogP contribution in [0.25, 0.3) is 0 Å². The third-order valence-electron chi connectivity index (χ3n) is 2.91. The minimum Gasteiger partial charge on any atom is -0.480 e. The Morgan fingerprint density at radius 2 is 1.78 bits per heavy atom. The van der Waals surface area contributed by atoms with Crippen LogP contribution in [0.2, 0.25) is 0 Å². The van der Waals surface area contributed by atoms with Crippen molar-refractivity contribution in [3.05, 3.63) is 0 Å². The zero-order chi connectivity index (χ0) is 14.0. The fourth-order valence-corrected chi connectivity index (χ4v) is 2.11. The van der Waals surface area contributed by atoms with E-state index in [9.17, 15) is 22.8 Å². The lowest BCUT2D eigenvalue weighted by Gasteiger charge is -2.30. The number of halogens is 3. The molecule has 0 aromatic carbocycles. The summed E-state index contributed by atoms with van der Waals surface area (Å²) in [5.41, 5.74) is 4.40. The first-order chi connectivity index (χ1) is 8.14. The highest BCUT2D eigenvalue weighted by Gasteiger charge is 2.43. The second-order valence-electron chi connectivity index (χ2n) is 4.53. The maximum Gasteiger partial charge on any atom is 0.406 e. The van der Waals surface area contributed by atoms with Crippen LogP contribution in [0.3, 0.4) is 0 Å². The zero-order valence-electron chi connectivity index (χ0n) is 9.66.